The van der Waals surface area contributed by atoms with Gasteiger partial charge in [-0.15, -0.1) is 0 Å². The first-order chi connectivity index (χ1) is 4.35. The van der Waals surface area contributed by atoms with E-state index in [0.29, 0.717) is 0 Å². The summed E-state index contributed by atoms with van der Waals surface area (Å²) in [5.74, 6) is 0. The van der Waals surface area contributed by atoms with Gasteiger partial charge in [-0.05, 0) is 20.3 Å². The van der Waals surface area contributed by atoms with Gasteiger partial charge in [-0.3, -0.25) is 0 Å². The van der Waals surface area contributed by atoms with Crippen LogP contribution in [0.1, 0.15) is 27.2 Å². The van der Waals surface area contributed by atoms with Crippen LogP contribution < -0.4 is 5.06 Å². The third-order valence-electron chi connectivity index (χ3n) is 1.27. The van der Waals surface area contributed by atoms with Crippen molar-refractivity contribution in [3.8, 4) is 0 Å². The molecule has 9 heavy (non-hydrogen) atoms. The molecule has 0 aliphatic carbocycles. The van der Waals surface area contributed by atoms with Gasteiger partial charge < -0.3 is 0 Å². The molecule has 2 nitrogen and oxygen atoms in total. The molecule has 0 saturated heterocycles. The molecule has 0 amide bonds. The third kappa shape index (κ3) is 4.43. The van der Waals surface area contributed by atoms with Crippen LogP contribution in [0.3, 0.4) is 0 Å². The summed E-state index contributed by atoms with van der Waals surface area (Å²) in [5.41, 5.74) is 0. The summed E-state index contributed by atoms with van der Waals surface area (Å²) in [6.45, 7) is 9.37. The second-order valence-electron chi connectivity index (χ2n) is 2.08. The molecule has 1 unspecified atom stereocenters. The van der Waals surface area contributed by atoms with E-state index >= 15 is 0 Å². The van der Waals surface area contributed by atoms with Crippen molar-refractivity contribution >= 4 is 0 Å². The van der Waals surface area contributed by atoms with Gasteiger partial charge >= 0.3 is 0 Å². The quantitative estimate of drug-likeness (QED) is 0.529. The van der Waals surface area contributed by atoms with Crippen LogP contribution in [0.15, 0.2) is 0 Å². The second kappa shape index (κ2) is 6.05. The largest absolute Gasteiger partial charge is 0.205 e. The Labute approximate surface area is 57.8 Å². The highest BCUT2D eigenvalue weighted by atomic mass is 16.7. The first kappa shape index (κ1) is 8.92. The first-order valence-corrected chi connectivity index (χ1v) is 3.82. The summed E-state index contributed by atoms with van der Waals surface area (Å²) in [5, 5.41) is 1.25. The van der Waals surface area contributed by atoms with Crippen LogP contribution in [0.4, 0.5) is 0 Å². The fourth-order valence-electron chi connectivity index (χ4n) is 0.834. The van der Waals surface area contributed by atoms with Crippen molar-refractivity contribution in [2.75, 3.05) is 19.7 Å². The van der Waals surface area contributed by atoms with Crippen LogP contribution in [0, 0.1) is 0 Å². The third-order valence-corrected chi connectivity index (χ3v) is 1.27. The summed E-state index contributed by atoms with van der Waals surface area (Å²) < 4.78 is 0. The Hall–Kier alpha value is -0.0800. The van der Waals surface area contributed by atoms with Crippen molar-refractivity contribution in [3.63, 3.8) is 0 Å². The van der Waals surface area contributed by atoms with E-state index in [1.54, 1.807) is 0 Å². The maximum absolute atomic E-state index is 5.35. The minimum absolute atomic E-state index is 0.823. The van der Waals surface area contributed by atoms with E-state index in [0.717, 1.165) is 19.7 Å². The van der Waals surface area contributed by atoms with Gasteiger partial charge in [-0.25, -0.2) is 4.84 Å². The maximum atomic E-state index is 5.35. The zero-order valence-electron chi connectivity index (χ0n) is 6.74. The highest BCUT2D eigenvalue weighted by molar-refractivity contribution is 4.15. The van der Waals surface area contributed by atoms with Gasteiger partial charge in [0.2, 0.25) is 0 Å². The standard InChI is InChI=1S/C7H17NO/c1-4-7-8(5-2)9-6-3/h4-7H2,1-3H3/p+1. The van der Waals surface area contributed by atoms with Gasteiger partial charge in [-0.2, -0.15) is 5.06 Å². The lowest BCUT2D eigenvalue weighted by Gasteiger charge is -2.12. The molecule has 0 aromatic rings. The number of hydrogen-bond donors (Lipinski definition) is 1. The summed E-state index contributed by atoms with van der Waals surface area (Å²) in [7, 11) is 0. The van der Waals surface area contributed by atoms with Crippen LogP contribution in [0.5, 0.6) is 0 Å². The summed E-state index contributed by atoms with van der Waals surface area (Å²) in [4.78, 5) is 5.35. The number of quaternary nitrogens is 1. The molecule has 0 rings (SSSR count). The average Bonchev–Trinajstić information content (AvgIpc) is 1.88. The molecule has 0 aliphatic rings. The predicted octanol–water partition coefficient (Wildman–Crippen LogP) is 0.253. The Bertz CT molecular complexity index is 50.9. The highest BCUT2D eigenvalue weighted by Gasteiger charge is 2.01. The number of hydrogen-bond acceptors (Lipinski definition) is 1. The lowest BCUT2D eigenvalue weighted by atomic mass is 10.5. The molecule has 0 aliphatic heterocycles. The molecule has 0 aromatic carbocycles. The number of nitrogens with one attached hydrogen (secondary N) is 1. The van der Waals surface area contributed by atoms with E-state index < -0.39 is 0 Å². The SMILES string of the molecule is CCC[NH+](CC)OCC. The van der Waals surface area contributed by atoms with E-state index in [1.807, 2.05) is 6.92 Å². The van der Waals surface area contributed by atoms with Crippen LogP contribution >= 0.6 is 0 Å². The van der Waals surface area contributed by atoms with E-state index in [2.05, 4.69) is 13.8 Å². The normalized spacial score (nSPS) is 13.7. The van der Waals surface area contributed by atoms with Gasteiger partial charge in [-0.1, -0.05) is 6.92 Å². The fraction of sp³-hybridized carbons (Fsp3) is 1.00. The summed E-state index contributed by atoms with van der Waals surface area (Å²) in [6, 6.07) is 0. The van der Waals surface area contributed by atoms with Gasteiger partial charge in [0.15, 0.2) is 0 Å². The van der Waals surface area contributed by atoms with Gasteiger partial charge in [0, 0.05) is 0 Å². The topological polar surface area (TPSA) is 13.7 Å². The Kier molecular flexibility index (Phi) is 5.99. The zero-order chi connectivity index (χ0) is 7.11. The molecular weight excluding hydrogens is 114 g/mol. The van der Waals surface area contributed by atoms with Crippen molar-refractivity contribution in [2.45, 2.75) is 27.2 Å². The second-order valence-corrected chi connectivity index (χ2v) is 2.08. The summed E-state index contributed by atoms with van der Waals surface area (Å²) in [6.07, 6.45) is 1.20. The number of rotatable bonds is 5. The molecule has 0 aromatic heterocycles. The van der Waals surface area contributed by atoms with E-state index in [-0.39, 0.29) is 0 Å². The fourth-order valence-corrected chi connectivity index (χ4v) is 0.834. The molecule has 0 saturated carbocycles. The predicted molar refractivity (Wildman–Crippen MR) is 38.3 cm³/mol. The summed E-state index contributed by atoms with van der Waals surface area (Å²) >= 11 is 0. The first-order valence-electron chi connectivity index (χ1n) is 3.82. The van der Waals surface area contributed by atoms with Crippen molar-refractivity contribution in [3.05, 3.63) is 0 Å². The van der Waals surface area contributed by atoms with Crippen molar-refractivity contribution < 1.29 is 9.90 Å². The Balaban J connectivity index is 3.18. The van der Waals surface area contributed by atoms with E-state index in [1.165, 1.54) is 11.5 Å². The van der Waals surface area contributed by atoms with Crippen LogP contribution in [-0.2, 0) is 4.84 Å². The molecule has 0 bridgehead atoms. The van der Waals surface area contributed by atoms with E-state index in [9.17, 15) is 0 Å². The van der Waals surface area contributed by atoms with Gasteiger partial charge in [0.05, 0.1) is 0 Å². The Morgan fingerprint density at radius 2 is 1.89 bits per heavy atom. The molecule has 0 radical (unpaired) electrons. The maximum Gasteiger partial charge on any atom is 0.107 e. The van der Waals surface area contributed by atoms with Crippen molar-refractivity contribution in [1.29, 1.82) is 0 Å². The molecule has 0 heterocycles. The highest BCUT2D eigenvalue weighted by Crippen LogP contribution is 1.65. The van der Waals surface area contributed by atoms with Crippen molar-refractivity contribution in [1.82, 2.24) is 0 Å². The van der Waals surface area contributed by atoms with E-state index in [4.69, 9.17) is 4.84 Å². The molecule has 1 atom stereocenters. The lowest BCUT2D eigenvalue weighted by molar-refractivity contribution is -1.09. The molecular formula is C7H18NO+. The van der Waals surface area contributed by atoms with Gasteiger partial charge in [0.25, 0.3) is 0 Å². The van der Waals surface area contributed by atoms with Crippen LogP contribution in [0.25, 0.3) is 0 Å². The molecule has 1 N–H and O–H groups in total. The molecule has 56 valence electrons. The van der Waals surface area contributed by atoms with Crippen molar-refractivity contribution in [2.24, 2.45) is 0 Å². The minimum atomic E-state index is 0.823. The average molecular weight is 132 g/mol. The zero-order valence-corrected chi connectivity index (χ0v) is 6.74. The Morgan fingerprint density at radius 1 is 1.22 bits per heavy atom. The minimum Gasteiger partial charge on any atom is -0.205 e. The lowest BCUT2D eigenvalue weighted by Crippen LogP contribution is -3.10. The number of hydroxylamine groups is 2. The monoisotopic (exact) mass is 132 g/mol. The molecule has 0 fully saturated rings. The smallest absolute Gasteiger partial charge is 0.107 e. The Morgan fingerprint density at radius 3 is 2.22 bits per heavy atom. The van der Waals surface area contributed by atoms with Gasteiger partial charge in [0.1, 0.15) is 19.7 Å². The molecule has 2 heteroatoms. The van der Waals surface area contributed by atoms with Crippen LogP contribution in [0.2, 0.25) is 0 Å². The van der Waals surface area contributed by atoms with Crippen LogP contribution in [-0.4, -0.2) is 19.7 Å². The molecule has 0 spiro atoms.